The monoisotopic (exact) mass is 367 g/mol. The smallest absolute Gasteiger partial charge is 0.316 e. The minimum atomic E-state index is -0.634. The highest BCUT2D eigenvalue weighted by atomic mass is 35.5. The molecule has 0 spiro atoms. The van der Waals surface area contributed by atoms with Gasteiger partial charge in [-0.3, -0.25) is 9.59 Å². The summed E-state index contributed by atoms with van der Waals surface area (Å²) in [6.45, 7) is 1.49. The third-order valence-corrected chi connectivity index (χ3v) is 4.17. The van der Waals surface area contributed by atoms with Crippen molar-refractivity contribution < 1.29 is 18.7 Å². The Labute approximate surface area is 148 Å². The number of carbonyl (C=O) groups excluding carboxylic acids is 2. The van der Waals surface area contributed by atoms with Crippen molar-refractivity contribution >= 4 is 40.9 Å². The molecule has 2 rings (SSSR count). The number of halogens is 2. The summed E-state index contributed by atoms with van der Waals surface area (Å²) in [6, 6.07) is 11.5. The first-order valence-corrected chi connectivity index (χ1v) is 8.40. The first-order chi connectivity index (χ1) is 11.4. The van der Waals surface area contributed by atoms with Gasteiger partial charge in [0.2, 0.25) is 0 Å². The normalized spacial score (nSPS) is 10.3. The second-order valence-corrected chi connectivity index (χ2v) is 6.42. The maximum absolute atomic E-state index is 13.5. The molecule has 0 aliphatic rings. The predicted molar refractivity (Wildman–Crippen MR) is 92.9 cm³/mol. The van der Waals surface area contributed by atoms with E-state index >= 15 is 0 Å². The molecule has 0 atom stereocenters. The first kappa shape index (κ1) is 18.3. The molecule has 2 aromatic carbocycles. The van der Waals surface area contributed by atoms with E-state index in [9.17, 15) is 14.0 Å². The molecule has 0 fully saturated rings. The lowest BCUT2D eigenvalue weighted by Crippen LogP contribution is -2.22. The van der Waals surface area contributed by atoms with Gasteiger partial charge in [0.05, 0.1) is 11.4 Å². The fourth-order valence-corrected chi connectivity index (χ4v) is 2.61. The van der Waals surface area contributed by atoms with Crippen molar-refractivity contribution in [1.29, 1.82) is 0 Å². The Morgan fingerprint density at radius 1 is 1.21 bits per heavy atom. The van der Waals surface area contributed by atoms with Crippen LogP contribution in [0.3, 0.4) is 0 Å². The fourth-order valence-electron chi connectivity index (χ4n) is 1.74. The molecule has 1 N–H and O–H groups in total. The molecule has 0 heterocycles. The molecule has 0 unspecified atom stereocenters. The summed E-state index contributed by atoms with van der Waals surface area (Å²) in [5, 5.41) is 2.59. The molecule has 0 radical (unpaired) electrons. The number of nitrogens with one attached hydrogen (secondary N) is 1. The summed E-state index contributed by atoms with van der Waals surface area (Å²) in [5.74, 6) is -1.69. The van der Waals surface area contributed by atoms with Crippen LogP contribution in [0.5, 0.6) is 0 Å². The molecule has 24 heavy (non-hydrogen) atoms. The van der Waals surface area contributed by atoms with Crippen molar-refractivity contribution in [3.05, 3.63) is 58.9 Å². The number of benzene rings is 2. The van der Waals surface area contributed by atoms with E-state index in [0.717, 1.165) is 16.5 Å². The largest absolute Gasteiger partial charge is 0.455 e. The summed E-state index contributed by atoms with van der Waals surface area (Å²) in [5.41, 5.74) is 1.07. The fraction of sp³-hybridized carbons (Fsp3) is 0.176. The van der Waals surface area contributed by atoms with Gasteiger partial charge < -0.3 is 10.1 Å². The highest BCUT2D eigenvalue weighted by Crippen LogP contribution is 2.20. The van der Waals surface area contributed by atoms with E-state index in [4.69, 9.17) is 16.3 Å². The number of amides is 1. The van der Waals surface area contributed by atoms with Crippen molar-refractivity contribution in [1.82, 2.24) is 0 Å². The van der Waals surface area contributed by atoms with Crippen molar-refractivity contribution in [3.63, 3.8) is 0 Å². The van der Waals surface area contributed by atoms with Gasteiger partial charge >= 0.3 is 5.97 Å². The molecule has 1 amide bonds. The van der Waals surface area contributed by atoms with E-state index in [2.05, 4.69) is 5.32 Å². The van der Waals surface area contributed by atoms with Crippen LogP contribution in [0.25, 0.3) is 0 Å². The Morgan fingerprint density at radius 3 is 2.62 bits per heavy atom. The van der Waals surface area contributed by atoms with Crippen molar-refractivity contribution in [2.24, 2.45) is 0 Å². The van der Waals surface area contributed by atoms with Crippen LogP contribution in [0.1, 0.15) is 5.56 Å². The first-order valence-electron chi connectivity index (χ1n) is 7.04. The average molecular weight is 368 g/mol. The van der Waals surface area contributed by atoms with Gasteiger partial charge in [0.25, 0.3) is 5.91 Å². The average Bonchev–Trinajstić information content (AvgIpc) is 2.56. The molecular weight excluding hydrogens is 353 g/mol. The third kappa shape index (κ3) is 5.86. The zero-order valence-corrected chi connectivity index (χ0v) is 14.4. The van der Waals surface area contributed by atoms with Gasteiger partial charge in [-0.1, -0.05) is 29.3 Å². The second kappa shape index (κ2) is 8.70. The quantitative estimate of drug-likeness (QED) is 0.618. The summed E-state index contributed by atoms with van der Waals surface area (Å²) in [6.07, 6.45) is 0. The van der Waals surface area contributed by atoms with Crippen LogP contribution in [0.15, 0.2) is 47.4 Å². The van der Waals surface area contributed by atoms with Crippen LogP contribution in [0.4, 0.5) is 10.1 Å². The Bertz CT molecular complexity index is 737. The zero-order chi connectivity index (χ0) is 17.5. The minimum Gasteiger partial charge on any atom is -0.455 e. The number of hydrogen-bond acceptors (Lipinski definition) is 4. The number of carbonyl (C=O) groups is 2. The topological polar surface area (TPSA) is 55.4 Å². The molecule has 4 nitrogen and oxygen atoms in total. The molecule has 0 aliphatic carbocycles. The Kier molecular flexibility index (Phi) is 6.63. The van der Waals surface area contributed by atoms with Gasteiger partial charge in [0, 0.05) is 9.92 Å². The lowest BCUT2D eigenvalue weighted by Gasteiger charge is -2.08. The van der Waals surface area contributed by atoms with Gasteiger partial charge in [-0.25, -0.2) is 4.39 Å². The number of ether oxygens (including phenoxy) is 1. The maximum Gasteiger partial charge on any atom is 0.316 e. The minimum absolute atomic E-state index is 0.0578. The van der Waals surface area contributed by atoms with Crippen LogP contribution in [0.2, 0.25) is 5.02 Å². The molecular formula is C17H15ClFNO3S. The molecule has 126 valence electrons. The molecule has 0 aromatic heterocycles. The number of esters is 1. The van der Waals surface area contributed by atoms with E-state index in [-0.39, 0.29) is 16.5 Å². The van der Waals surface area contributed by atoms with Crippen LogP contribution >= 0.6 is 23.4 Å². The maximum atomic E-state index is 13.5. The number of anilines is 1. The summed E-state index contributed by atoms with van der Waals surface area (Å²) >= 11 is 7.04. The highest BCUT2D eigenvalue weighted by Gasteiger charge is 2.11. The molecule has 0 bridgehead atoms. The standard InChI is InChI=1S/C17H15ClFNO3S/c1-11-2-5-13(6-3-11)24-10-17(22)23-9-16(21)20-15-8-12(18)4-7-14(15)19/h2-8H,9-10H2,1H3,(H,20,21). The number of rotatable bonds is 6. The van der Waals surface area contributed by atoms with Crippen molar-refractivity contribution in [3.8, 4) is 0 Å². The molecule has 0 saturated heterocycles. The van der Waals surface area contributed by atoms with E-state index in [1.807, 2.05) is 31.2 Å². The van der Waals surface area contributed by atoms with E-state index in [1.54, 1.807) is 0 Å². The van der Waals surface area contributed by atoms with Gasteiger partial charge in [-0.2, -0.15) is 0 Å². The SMILES string of the molecule is Cc1ccc(SCC(=O)OCC(=O)Nc2cc(Cl)ccc2F)cc1. The van der Waals surface area contributed by atoms with E-state index in [0.29, 0.717) is 0 Å². The van der Waals surface area contributed by atoms with Gasteiger partial charge in [-0.15, -0.1) is 11.8 Å². The van der Waals surface area contributed by atoms with Crippen LogP contribution in [0, 0.1) is 12.7 Å². The van der Waals surface area contributed by atoms with E-state index < -0.39 is 24.3 Å². The molecule has 7 heteroatoms. The van der Waals surface area contributed by atoms with Crippen LogP contribution < -0.4 is 5.32 Å². The van der Waals surface area contributed by atoms with Gasteiger partial charge in [0.1, 0.15) is 5.82 Å². The Balaban J connectivity index is 1.75. The predicted octanol–water partition coefficient (Wildman–Crippen LogP) is 4.06. The molecule has 0 saturated carbocycles. The Morgan fingerprint density at radius 2 is 1.92 bits per heavy atom. The third-order valence-electron chi connectivity index (χ3n) is 2.94. The second-order valence-electron chi connectivity index (χ2n) is 4.93. The van der Waals surface area contributed by atoms with Crippen LogP contribution in [-0.2, 0) is 14.3 Å². The summed E-state index contributed by atoms with van der Waals surface area (Å²) in [7, 11) is 0. The van der Waals surface area contributed by atoms with Gasteiger partial charge in [0.15, 0.2) is 6.61 Å². The zero-order valence-electron chi connectivity index (χ0n) is 12.8. The summed E-state index contributed by atoms with van der Waals surface area (Å²) < 4.78 is 18.3. The summed E-state index contributed by atoms with van der Waals surface area (Å²) in [4.78, 5) is 24.3. The molecule has 0 aliphatic heterocycles. The lowest BCUT2D eigenvalue weighted by molar-refractivity contribution is -0.144. The van der Waals surface area contributed by atoms with Crippen LogP contribution in [-0.4, -0.2) is 24.2 Å². The lowest BCUT2D eigenvalue weighted by atomic mass is 10.2. The molecule has 2 aromatic rings. The van der Waals surface area contributed by atoms with Gasteiger partial charge in [-0.05, 0) is 37.3 Å². The Hall–Kier alpha value is -2.05. The van der Waals surface area contributed by atoms with Crippen molar-refractivity contribution in [2.75, 3.05) is 17.7 Å². The number of thioether (sulfide) groups is 1. The number of aryl methyl sites for hydroxylation is 1. The highest BCUT2D eigenvalue weighted by molar-refractivity contribution is 8.00. The number of hydrogen-bond donors (Lipinski definition) is 1. The van der Waals surface area contributed by atoms with Crippen molar-refractivity contribution in [2.45, 2.75) is 11.8 Å². The van der Waals surface area contributed by atoms with E-state index in [1.165, 1.54) is 23.9 Å².